The molecular weight excluding hydrogens is 370 g/mol. The summed E-state index contributed by atoms with van der Waals surface area (Å²) in [6, 6.07) is 11.4. The maximum Gasteiger partial charge on any atom is 0.328 e. The van der Waals surface area contributed by atoms with Crippen LogP contribution in [0.15, 0.2) is 58.4 Å². The molecule has 150 valence electrons. The molecule has 1 aliphatic rings. The highest BCUT2D eigenvalue weighted by Gasteiger charge is 2.27. The number of hydrogen-bond donors (Lipinski definition) is 2. The summed E-state index contributed by atoms with van der Waals surface area (Å²) < 4.78 is 1.35. The molecule has 4 rings (SSSR count). The Labute approximate surface area is 167 Å². The van der Waals surface area contributed by atoms with Gasteiger partial charge in [0.15, 0.2) is 0 Å². The van der Waals surface area contributed by atoms with Gasteiger partial charge in [-0.2, -0.15) is 5.10 Å². The molecule has 1 fully saturated rings. The highest BCUT2D eigenvalue weighted by Crippen LogP contribution is 2.33. The Morgan fingerprint density at radius 3 is 2.79 bits per heavy atom. The summed E-state index contributed by atoms with van der Waals surface area (Å²) in [5, 5.41) is 7.38. The minimum Gasteiger partial charge on any atom is -0.342 e. The minimum atomic E-state index is -0.494. The van der Waals surface area contributed by atoms with Crippen molar-refractivity contribution in [3.63, 3.8) is 0 Å². The number of aromatic amines is 2. The van der Waals surface area contributed by atoms with Crippen LogP contribution in [0.5, 0.6) is 0 Å². The lowest BCUT2D eigenvalue weighted by Crippen LogP contribution is -2.40. The molecular formula is C21H23N5O3. The van der Waals surface area contributed by atoms with E-state index in [4.69, 9.17) is 0 Å². The van der Waals surface area contributed by atoms with E-state index in [0.29, 0.717) is 13.1 Å². The smallest absolute Gasteiger partial charge is 0.328 e. The van der Waals surface area contributed by atoms with Crippen molar-refractivity contribution in [1.82, 2.24) is 24.6 Å². The minimum absolute atomic E-state index is 0.00794. The van der Waals surface area contributed by atoms with E-state index in [0.717, 1.165) is 29.7 Å². The fourth-order valence-corrected chi connectivity index (χ4v) is 3.89. The molecule has 0 aliphatic carbocycles. The van der Waals surface area contributed by atoms with Gasteiger partial charge in [-0.3, -0.25) is 19.7 Å². The van der Waals surface area contributed by atoms with Crippen LogP contribution < -0.4 is 11.2 Å². The van der Waals surface area contributed by atoms with Crippen LogP contribution in [0, 0.1) is 0 Å². The molecule has 0 radical (unpaired) electrons. The maximum absolute atomic E-state index is 12.7. The third-order valence-electron chi connectivity index (χ3n) is 5.40. The van der Waals surface area contributed by atoms with Crippen molar-refractivity contribution in [2.24, 2.45) is 0 Å². The number of nitrogens with zero attached hydrogens (tertiary/aromatic N) is 3. The number of likely N-dealkylation sites (tertiary alicyclic amines) is 1. The molecule has 0 spiro atoms. The fraction of sp³-hybridized carbons (Fsp3) is 0.333. The molecule has 29 heavy (non-hydrogen) atoms. The first-order chi connectivity index (χ1) is 14.1. The van der Waals surface area contributed by atoms with Crippen LogP contribution in [0.2, 0.25) is 0 Å². The second kappa shape index (κ2) is 8.30. The molecule has 1 atom stereocenters. The summed E-state index contributed by atoms with van der Waals surface area (Å²) in [5.74, 6) is 0.204. The molecule has 0 saturated carbocycles. The number of H-pyrrole nitrogens is 2. The third kappa shape index (κ3) is 4.21. The number of hydrogen-bond acceptors (Lipinski definition) is 4. The van der Waals surface area contributed by atoms with E-state index >= 15 is 0 Å². The number of nitrogens with one attached hydrogen (secondary N) is 2. The molecule has 0 unspecified atom stereocenters. The van der Waals surface area contributed by atoms with E-state index in [1.807, 2.05) is 29.3 Å². The summed E-state index contributed by atoms with van der Waals surface area (Å²) in [6.45, 7) is 1.58. The number of rotatable bonds is 5. The van der Waals surface area contributed by atoms with Gasteiger partial charge >= 0.3 is 5.69 Å². The quantitative estimate of drug-likeness (QED) is 0.689. The van der Waals surface area contributed by atoms with Crippen molar-refractivity contribution in [3.8, 4) is 11.1 Å². The van der Waals surface area contributed by atoms with Crippen LogP contribution in [-0.2, 0) is 11.3 Å². The first-order valence-electron chi connectivity index (χ1n) is 9.78. The van der Waals surface area contributed by atoms with E-state index in [2.05, 4.69) is 27.3 Å². The van der Waals surface area contributed by atoms with Crippen LogP contribution in [0.25, 0.3) is 11.1 Å². The number of piperidine rings is 1. The monoisotopic (exact) mass is 393 g/mol. The predicted octanol–water partition coefficient (Wildman–Crippen LogP) is 1.72. The lowest BCUT2D eigenvalue weighted by atomic mass is 9.90. The molecule has 8 nitrogen and oxygen atoms in total. The van der Waals surface area contributed by atoms with Gasteiger partial charge in [-0.15, -0.1) is 0 Å². The number of aryl methyl sites for hydroxylation is 1. The number of carbonyl (C=O) groups is 1. The van der Waals surface area contributed by atoms with Crippen LogP contribution in [-0.4, -0.2) is 43.6 Å². The molecule has 8 heteroatoms. The zero-order valence-electron chi connectivity index (χ0n) is 16.0. The van der Waals surface area contributed by atoms with Gasteiger partial charge in [-0.1, -0.05) is 30.3 Å². The molecule has 1 aromatic carbocycles. The molecule has 0 bridgehead atoms. The second-order valence-electron chi connectivity index (χ2n) is 7.30. The van der Waals surface area contributed by atoms with Crippen LogP contribution >= 0.6 is 0 Å². The van der Waals surface area contributed by atoms with E-state index in [-0.39, 0.29) is 24.8 Å². The summed E-state index contributed by atoms with van der Waals surface area (Å²) in [6.07, 6.45) is 5.39. The largest absolute Gasteiger partial charge is 0.342 e. The van der Waals surface area contributed by atoms with Crippen molar-refractivity contribution < 1.29 is 4.79 Å². The number of carbonyl (C=O) groups excluding carboxylic acids is 1. The lowest BCUT2D eigenvalue weighted by molar-refractivity contribution is -0.132. The number of benzene rings is 1. The highest BCUT2D eigenvalue weighted by atomic mass is 16.2. The van der Waals surface area contributed by atoms with E-state index in [9.17, 15) is 14.4 Å². The molecule has 3 aromatic rings. The first kappa shape index (κ1) is 18.9. The molecule has 3 heterocycles. The summed E-state index contributed by atoms with van der Waals surface area (Å²) >= 11 is 0. The molecule has 2 aromatic heterocycles. The first-order valence-corrected chi connectivity index (χ1v) is 9.78. The number of aromatic nitrogens is 4. The van der Waals surface area contributed by atoms with Crippen LogP contribution in [0.1, 0.15) is 30.9 Å². The van der Waals surface area contributed by atoms with Gasteiger partial charge < -0.3 is 9.47 Å². The topological polar surface area (TPSA) is 104 Å². The second-order valence-corrected chi connectivity index (χ2v) is 7.30. The fourth-order valence-electron chi connectivity index (χ4n) is 3.89. The van der Waals surface area contributed by atoms with E-state index < -0.39 is 11.2 Å². The normalized spacial score (nSPS) is 16.7. The van der Waals surface area contributed by atoms with Gasteiger partial charge in [0.1, 0.15) is 0 Å². The Morgan fingerprint density at radius 2 is 2.00 bits per heavy atom. The van der Waals surface area contributed by atoms with Gasteiger partial charge in [0, 0.05) is 55.5 Å². The lowest BCUT2D eigenvalue weighted by Gasteiger charge is -2.33. The van der Waals surface area contributed by atoms with Crippen molar-refractivity contribution in [2.75, 3.05) is 13.1 Å². The van der Waals surface area contributed by atoms with E-state index in [1.165, 1.54) is 16.8 Å². The maximum atomic E-state index is 12.7. The summed E-state index contributed by atoms with van der Waals surface area (Å²) in [7, 11) is 0. The Morgan fingerprint density at radius 1 is 1.17 bits per heavy atom. The van der Waals surface area contributed by atoms with Gasteiger partial charge in [0.2, 0.25) is 5.91 Å². The van der Waals surface area contributed by atoms with Gasteiger partial charge in [0.05, 0.1) is 6.20 Å². The van der Waals surface area contributed by atoms with Crippen LogP contribution in [0.4, 0.5) is 0 Å². The molecule has 1 saturated heterocycles. The summed E-state index contributed by atoms with van der Waals surface area (Å²) in [4.78, 5) is 39.7. The SMILES string of the molecule is O=C(CCn1ccc(=O)[nH]c1=O)N1CCC[C@H](c2[nH]ncc2-c2ccccc2)C1. The zero-order chi connectivity index (χ0) is 20.2. The molecule has 1 amide bonds. The average Bonchev–Trinajstić information content (AvgIpc) is 3.24. The Balaban J connectivity index is 1.44. The predicted molar refractivity (Wildman–Crippen MR) is 109 cm³/mol. The highest BCUT2D eigenvalue weighted by molar-refractivity contribution is 5.76. The zero-order valence-corrected chi connectivity index (χ0v) is 16.0. The average molecular weight is 393 g/mol. The van der Waals surface area contributed by atoms with Crippen LogP contribution in [0.3, 0.4) is 0 Å². The Bertz CT molecular complexity index is 1100. The Hall–Kier alpha value is -3.42. The van der Waals surface area contributed by atoms with Gasteiger partial charge in [0.25, 0.3) is 5.56 Å². The van der Waals surface area contributed by atoms with E-state index in [1.54, 1.807) is 0 Å². The van der Waals surface area contributed by atoms with Gasteiger partial charge in [-0.05, 0) is 18.4 Å². The third-order valence-corrected chi connectivity index (χ3v) is 5.40. The summed E-state index contributed by atoms with van der Waals surface area (Å²) in [5.41, 5.74) is 2.31. The number of amides is 1. The van der Waals surface area contributed by atoms with Gasteiger partial charge in [-0.25, -0.2) is 4.79 Å². The van der Waals surface area contributed by atoms with Crippen molar-refractivity contribution in [3.05, 3.63) is 75.3 Å². The molecule has 1 aliphatic heterocycles. The van der Waals surface area contributed by atoms with Crippen molar-refractivity contribution in [1.29, 1.82) is 0 Å². The Kier molecular flexibility index (Phi) is 5.41. The van der Waals surface area contributed by atoms with Crippen molar-refractivity contribution in [2.45, 2.75) is 31.7 Å². The molecule has 2 N–H and O–H groups in total. The van der Waals surface area contributed by atoms with Crippen molar-refractivity contribution >= 4 is 5.91 Å². The standard InChI is InChI=1S/C21H23N5O3/c27-18-8-11-25(21(29)23-18)12-9-19(28)26-10-4-7-16(14-26)20-17(13-22-24-20)15-5-2-1-3-6-15/h1-3,5-6,8,11,13,16H,4,7,9-10,12,14H2,(H,22,24)(H,23,27,29)/t16-/m0/s1.